The van der Waals surface area contributed by atoms with Crippen LogP contribution in [0.25, 0.3) is 0 Å². The fourth-order valence-electron chi connectivity index (χ4n) is 7.00. The van der Waals surface area contributed by atoms with Crippen LogP contribution in [0.1, 0.15) is 98.3 Å². The van der Waals surface area contributed by atoms with Crippen LogP contribution in [0.2, 0.25) is 0 Å². The summed E-state index contributed by atoms with van der Waals surface area (Å²) in [5, 5.41) is 64.6. The lowest BCUT2D eigenvalue weighted by Crippen LogP contribution is -3.00. The highest BCUT2D eigenvalue weighted by molar-refractivity contribution is 5.02. The Labute approximate surface area is 296 Å². The first-order valence-corrected chi connectivity index (χ1v) is 18.1. The van der Waals surface area contributed by atoms with E-state index in [2.05, 4.69) is 21.0 Å². The summed E-state index contributed by atoms with van der Waals surface area (Å²) in [6.45, 7) is 8.36. The second kappa shape index (κ2) is 22.0. The number of likely N-dealkylation sites (N-methyl/N-ethyl adjacent to an activating group) is 1. The molecule has 2 aliphatic heterocycles. The van der Waals surface area contributed by atoms with Gasteiger partial charge in [0.05, 0.1) is 53.2 Å². The molecule has 13 heteroatoms. The normalized spacial score (nSPS) is 34.9. The third-order valence-electron chi connectivity index (χ3n) is 9.98. The number of hydrogen-bond donors (Lipinski definition) is 6. The van der Waals surface area contributed by atoms with Crippen molar-refractivity contribution in [3.05, 3.63) is 0 Å². The van der Waals surface area contributed by atoms with E-state index in [1.165, 1.54) is 64.9 Å². The number of quaternary nitrogens is 1. The molecule has 48 heavy (non-hydrogen) atoms. The van der Waals surface area contributed by atoms with Crippen LogP contribution in [-0.2, 0) is 23.7 Å². The van der Waals surface area contributed by atoms with Gasteiger partial charge in [0.15, 0.2) is 0 Å². The van der Waals surface area contributed by atoms with Gasteiger partial charge in [0.1, 0.15) is 66.6 Å². The molecule has 2 rings (SSSR count). The number of halogens is 1. The summed E-state index contributed by atoms with van der Waals surface area (Å²) < 4.78 is 29.8. The first kappa shape index (κ1) is 45.8. The molecule has 0 spiro atoms. The molecule has 11 atom stereocenters. The van der Waals surface area contributed by atoms with Gasteiger partial charge in [-0.1, -0.05) is 65.2 Å². The van der Waals surface area contributed by atoms with E-state index in [4.69, 9.17) is 23.7 Å². The maximum atomic E-state index is 11.2. The van der Waals surface area contributed by atoms with Crippen molar-refractivity contribution in [2.24, 2.45) is 0 Å². The van der Waals surface area contributed by atoms with Crippen molar-refractivity contribution in [3.8, 4) is 0 Å². The summed E-state index contributed by atoms with van der Waals surface area (Å²) >= 11 is 0. The van der Waals surface area contributed by atoms with Gasteiger partial charge < -0.3 is 71.2 Å². The summed E-state index contributed by atoms with van der Waals surface area (Å²) in [7, 11) is 5.67. The Morgan fingerprint density at radius 2 is 1.27 bits per heavy atom. The van der Waals surface area contributed by atoms with E-state index in [0.29, 0.717) is 17.4 Å². The van der Waals surface area contributed by atoms with Crippen LogP contribution in [0.5, 0.6) is 0 Å². The van der Waals surface area contributed by atoms with Crippen LogP contribution in [0, 0.1) is 0 Å². The third-order valence-corrected chi connectivity index (χ3v) is 9.98. The average molecular weight is 716 g/mol. The lowest BCUT2D eigenvalue weighted by Gasteiger charge is -2.49. The van der Waals surface area contributed by atoms with Gasteiger partial charge >= 0.3 is 0 Å². The molecule has 2 saturated heterocycles. The predicted octanol–water partition coefficient (Wildman–Crippen LogP) is -1.07. The molecule has 6 N–H and O–H groups in total. The van der Waals surface area contributed by atoms with Crippen molar-refractivity contribution < 1.29 is 71.2 Å². The molecule has 0 amide bonds. The number of aliphatic hydroxyl groups is 6. The molecule has 0 bridgehead atoms. The molecule has 288 valence electrons. The number of nitrogens with zero attached hydrogens (tertiary/aromatic N) is 1. The van der Waals surface area contributed by atoms with Gasteiger partial charge in [-0.3, -0.25) is 0 Å². The van der Waals surface area contributed by atoms with E-state index in [9.17, 15) is 30.6 Å². The van der Waals surface area contributed by atoms with Gasteiger partial charge in [0.25, 0.3) is 0 Å². The zero-order valence-electron chi connectivity index (χ0n) is 30.8. The summed E-state index contributed by atoms with van der Waals surface area (Å²) in [6, 6.07) is 0. The van der Waals surface area contributed by atoms with Crippen LogP contribution in [-0.4, -0.2) is 162 Å². The monoisotopic (exact) mass is 715 g/mol. The Bertz CT molecular complexity index is 857. The summed E-state index contributed by atoms with van der Waals surface area (Å²) in [6.07, 6.45) is 3.08. The van der Waals surface area contributed by atoms with Crippen LogP contribution in [0.4, 0.5) is 0 Å². The lowest BCUT2D eigenvalue weighted by atomic mass is 9.85. The zero-order valence-corrected chi connectivity index (χ0v) is 31.5. The smallest absolute Gasteiger partial charge is 0.126 e. The minimum atomic E-state index is -1.40. The van der Waals surface area contributed by atoms with E-state index in [-0.39, 0.29) is 38.8 Å². The molecule has 2 heterocycles. The Balaban J connectivity index is 0.0000115. The fraction of sp³-hybridized carbons (Fsp3) is 1.00. The Morgan fingerprint density at radius 1 is 0.729 bits per heavy atom. The van der Waals surface area contributed by atoms with E-state index in [0.717, 1.165) is 13.0 Å². The van der Waals surface area contributed by atoms with E-state index < -0.39 is 66.1 Å². The summed E-state index contributed by atoms with van der Waals surface area (Å²) in [4.78, 5) is 0. The molecule has 2 aliphatic rings. The number of unbranched alkanes of at least 4 members (excludes halogenated alkanes) is 9. The van der Waals surface area contributed by atoms with Gasteiger partial charge in [0, 0.05) is 7.11 Å². The zero-order chi connectivity index (χ0) is 35.3. The van der Waals surface area contributed by atoms with Crippen molar-refractivity contribution in [1.82, 2.24) is 0 Å². The van der Waals surface area contributed by atoms with Crippen LogP contribution >= 0.6 is 0 Å². The molecular weight excluding hydrogens is 646 g/mol. The Kier molecular flexibility index (Phi) is 21.0. The minimum absolute atomic E-state index is 0. The largest absolute Gasteiger partial charge is 1.00 e. The highest BCUT2D eigenvalue weighted by Gasteiger charge is 2.53. The van der Waals surface area contributed by atoms with Gasteiger partial charge in [0.2, 0.25) is 0 Å². The van der Waals surface area contributed by atoms with Crippen LogP contribution in [0.15, 0.2) is 0 Å². The maximum absolute atomic E-state index is 11.2. The minimum Gasteiger partial charge on any atom is -1.00 e. The second-order valence-corrected chi connectivity index (χ2v) is 15.1. The number of hydrogen-bond acceptors (Lipinski definition) is 11. The van der Waals surface area contributed by atoms with Gasteiger partial charge in [-0.15, -0.1) is 0 Å². The van der Waals surface area contributed by atoms with Crippen molar-refractivity contribution in [3.63, 3.8) is 0 Å². The highest BCUT2D eigenvalue weighted by Crippen LogP contribution is 2.34. The van der Waals surface area contributed by atoms with Crippen molar-refractivity contribution in [2.45, 2.75) is 164 Å². The summed E-state index contributed by atoms with van der Waals surface area (Å²) in [5.74, 6) is 0. The second-order valence-electron chi connectivity index (χ2n) is 15.1. The first-order valence-electron chi connectivity index (χ1n) is 18.1. The standard InChI is InChI=1S/C35H70NO11.ClH/c1-8-10-11-12-13-14-15-16-17-18-19-36(5,6)20-25(37)21-45-31-29(39)27(47-34(3,23-43-7)33(31)42)22-44-24-35(4)32(41)30(40)28(38)26(9-2)46-35;/h25-33,37-42H,8-24H2,1-7H3;1H/q+1;/p-1/t25?,26-,27-,28?,29?,30-,31-,32-,33-,34?,35?;/m1./s1. The molecule has 0 radical (unpaired) electrons. The van der Waals surface area contributed by atoms with Gasteiger partial charge in [-0.05, 0) is 33.1 Å². The number of rotatable bonds is 23. The molecule has 0 saturated carbocycles. The van der Waals surface area contributed by atoms with Crippen molar-refractivity contribution >= 4 is 0 Å². The summed E-state index contributed by atoms with van der Waals surface area (Å²) in [5.41, 5.74) is -2.55. The van der Waals surface area contributed by atoms with Gasteiger partial charge in [-0.25, -0.2) is 0 Å². The van der Waals surface area contributed by atoms with Crippen LogP contribution < -0.4 is 12.4 Å². The first-order chi connectivity index (χ1) is 22.1. The van der Waals surface area contributed by atoms with E-state index in [1.54, 1.807) is 13.8 Å². The molecular formula is C35H70ClNO11. The SMILES string of the molecule is CCCCCCCCCCCC[N+](C)(C)CC(O)CO[C@@H]1C(O)[C@@H](COCC2(C)O[C@H](CC)C(O)[C@@H](O)[C@H]2O)OC(C)(COC)[C@@H]1O.[Cl-]. The Hall–Kier alpha value is -0.190. The lowest BCUT2D eigenvalue weighted by molar-refractivity contribution is -0.893. The Morgan fingerprint density at radius 3 is 1.83 bits per heavy atom. The van der Waals surface area contributed by atoms with E-state index in [1.807, 2.05) is 6.92 Å². The van der Waals surface area contributed by atoms with Crippen molar-refractivity contribution in [2.75, 3.05) is 60.7 Å². The molecule has 5 unspecified atom stereocenters. The highest BCUT2D eigenvalue weighted by atomic mass is 35.5. The molecule has 12 nitrogen and oxygen atoms in total. The predicted molar refractivity (Wildman–Crippen MR) is 179 cm³/mol. The average Bonchev–Trinajstić information content (AvgIpc) is 3.01. The van der Waals surface area contributed by atoms with Crippen molar-refractivity contribution in [1.29, 1.82) is 0 Å². The van der Waals surface area contributed by atoms with E-state index >= 15 is 0 Å². The molecule has 0 aromatic carbocycles. The third kappa shape index (κ3) is 13.7. The van der Waals surface area contributed by atoms with Crippen LogP contribution in [0.3, 0.4) is 0 Å². The number of ether oxygens (including phenoxy) is 5. The molecule has 0 aliphatic carbocycles. The quantitative estimate of drug-likeness (QED) is 0.0563. The molecule has 2 fully saturated rings. The number of methoxy groups -OCH3 is 1. The molecule has 0 aromatic heterocycles. The number of aliphatic hydroxyl groups excluding tert-OH is 6. The molecule has 0 aromatic rings. The maximum Gasteiger partial charge on any atom is 0.126 e. The fourth-order valence-corrected chi connectivity index (χ4v) is 7.00. The topological polar surface area (TPSA) is 168 Å². The van der Waals surface area contributed by atoms with Gasteiger partial charge in [-0.2, -0.15) is 0 Å².